The van der Waals surface area contributed by atoms with E-state index in [4.69, 9.17) is 0 Å². The molecule has 0 aromatic heterocycles. The zero-order valence-electron chi connectivity index (χ0n) is 11.8. The molecule has 1 aromatic rings. The van der Waals surface area contributed by atoms with Crippen LogP contribution < -0.4 is 0 Å². The minimum Gasteiger partial charge on any atom is -0.336 e. The second-order valence-electron chi connectivity index (χ2n) is 5.47. The Bertz CT molecular complexity index is 456. The Morgan fingerprint density at radius 1 is 1.32 bits per heavy atom. The van der Waals surface area contributed by atoms with Crippen LogP contribution in [0.1, 0.15) is 48.2 Å². The lowest BCUT2D eigenvalue weighted by molar-refractivity contribution is 0.0706. The Kier molecular flexibility index (Phi) is 5.03. The van der Waals surface area contributed by atoms with Gasteiger partial charge < -0.3 is 4.90 Å². The van der Waals surface area contributed by atoms with Crippen LogP contribution in [0.15, 0.2) is 18.2 Å². The number of aryl methyl sites for hydroxylation is 2. The van der Waals surface area contributed by atoms with E-state index in [1.807, 2.05) is 11.0 Å². The summed E-state index contributed by atoms with van der Waals surface area (Å²) in [6, 6.07) is 6.49. The van der Waals surface area contributed by atoms with Crippen LogP contribution in [0, 0.1) is 0 Å². The second kappa shape index (κ2) is 6.56. The Hall–Kier alpha value is -0.830. The fourth-order valence-corrected chi connectivity index (χ4v) is 2.95. The lowest BCUT2D eigenvalue weighted by Gasteiger charge is -2.27. The third kappa shape index (κ3) is 3.38. The molecule has 2 rings (SSSR count). The van der Waals surface area contributed by atoms with Crippen LogP contribution in [0.25, 0.3) is 0 Å². The number of carbonyl (C=O) groups is 1. The molecule has 0 saturated heterocycles. The lowest BCUT2D eigenvalue weighted by Crippen LogP contribution is -2.37. The first-order valence-corrected chi connectivity index (χ1v) is 8.24. The first kappa shape index (κ1) is 14.6. The van der Waals surface area contributed by atoms with Gasteiger partial charge in [0.1, 0.15) is 0 Å². The molecule has 0 radical (unpaired) electrons. The predicted octanol–water partition coefficient (Wildman–Crippen LogP) is 3.81. The van der Waals surface area contributed by atoms with Crippen LogP contribution in [-0.4, -0.2) is 28.7 Å². The molecule has 19 heavy (non-hydrogen) atoms. The summed E-state index contributed by atoms with van der Waals surface area (Å²) in [4.78, 5) is 14.6. The molecule has 0 aliphatic heterocycles. The molecule has 0 unspecified atom stereocenters. The standard InChI is InChI=1S/C16H22BrNO/c1-12(2)18(10-4-9-17)16(19)15-8-7-13-5-3-6-14(13)11-15/h7-8,11-12H,3-6,9-10H2,1-2H3. The highest BCUT2D eigenvalue weighted by atomic mass is 79.9. The molecule has 0 saturated carbocycles. The summed E-state index contributed by atoms with van der Waals surface area (Å²) in [5, 5.41) is 0.938. The van der Waals surface area contributed by atoms with E-state index >= 15 is 0 Å². The highest BCUT2D eigenvalue weighted by Gasteiger charge is 2.20. The van der Waals surface area contributed by atoms with Crippen LogP contribution in [0.3, 0.4) is 0 Å². The van der Waals surface area contributed by atoms with E-state index in [9.17, 15) is 4.79 Å². The number of carbonyl (C=O) groups excluding carboxylic acids is 1. The monoisotopic (exact) mass is 323 g/mol. The predicted molar refractivity (Wildman–Crippen MR) is 83.1 cm³/mol. The molecule has 0 bridgehead atoms. The quantitative estimate of drug-likeness (QED) is 0.754. The number of hydrogen-bond donors (Lipinski definition) is 0. The SMILES string of the molecule is CC(C)N(CCCBr)C(=O)c1ccc2c(c1)CCC2. The summed E-state index contributed by atoms with van der Waals surface area (Å²) >= 11 is 3.44. The van der Waals surface area contributed by atoms with Gasteiger partial charge >= 0.3 is 0 Å². The van der Waals surface area contributed by atoms with Gasteiger partial charge in [-0.2, -0.15) is 0 Å². The molecule has 2 nitrogen and oxygen atoms in total. The smallest absolute Gasteiger partial charge is 0.254 e. The number of benzene rings is 1. The Balaban J connectivity index is 2.16. The number of halogens is 1. The average molecular weight is 324 g/mol. The number of hydrogen-bond acceptors (Lipinski definition) is 1. The number of nitrogens with zero attached hydrogens (tertiary/aromatic N) is 1. The van der Waals surface area contributed by atoms with Gasteiger partial charge in [0.25, 0.3) is 5.91 Å². The molecule has 0 spiro atoms. The van der Waals surface area contributed by atoms with E-state index in [0.29, 0.717) is 0 Å². The van der Waals surface area contributed by atoms with Crippen LogP contribution in [0.2, 0.25) is 0 Å². The zero-order chi connectivity index (χ0) is 13.8. The molecule has 104 valence electrons. The van der Waals surface area contributed by atoms with E-state index in [1.54, 1.807) is 0 Å². The zero-order valence-corrected chi connectivity index (χ0v) is 13.4. The van der Waals surface area contributed by atoms with Gasteiger partial charge in [-0.25, -0.2) is 0 Å². The van der Waals surface area contributed by atoms with Crippen molar-refractivity contribution in [1.82, 2.24) is 4.90 Å². The van der Waals surface area contributed by atoms with E-state index in [-0.39, 0.29) is 11.9 Å². The van der Waals surface area contributed by atoms with Crippen LogP contribution in [0.4, 0.5) is 0 Å². The molecule has 1 amide bonds. The van der Waals surface area contributed by atoms with Crippen molar-refractivity contribution in [2.75, 3.05) is 11.9 Å². The number of fused-ring (bicyclic) bond motifs is 1. The summed E-state index contributed by atoms with van der Waals surface area (Å²) in [6.45, 7) is 4.98. The largest absolute Gasteiger partial charge is 0.336 e. The van der Waals surface area contributed by atoms with Crippen molar-refractivity contribution < 1.29 is 4.79 Å². The minimum atomic E-state index is 0.172. The number of alkyl halides is 1. The fraction of sp³-hybridized carbons (Fsp3) is 0.562. The van der Waals surface area contributed by atoms with Crippen LogP contribution in [-0.2, 0) is 12.8 Å². The van der Waals surface area contributed by atoms with E-state index in [1.165, 1.54) is 24.0 Å². The number of amides is 1. The van der Waals surface area contributed by atoms with Crippen molar-refractivity contribution in [1.29, 1.82) is 0 Å². The molecule has 1 aromatic carbocycles. The normalized spacial score (nSPS) is 13.7. The van der Waals surface area contributed by atoms with Crippen molar-refractivity contribution in [3.8, 4) is 0 Å². The molecule has 3 heteroatoms. The third-order valence-electron chi connectivity index (χ3n) is 3.76. The van der Waals surface area contributed by atoms with Crippen molar-refractivity contribution in [2.45, 2.75) is 45.6 Å². The number of rotatable bonds is 5. The topological polar surface area (TPSA) is 20.3 Å². The maximum Gasteiger partial charge on any atom is 0.254 e. The summed E-state index contributed by atoms with van der Waals surface area (Å²) < 4.78 is 0. The summed E-state index contributed by atoms with van der Waals surface area (Å²) in [5.41, 5.74) is 3.65. The molecule has 0 N–H and O–H groups in total. The average Bonchev–Trinajstić information content (AvgIpc) is 2.85. The second-order valence-corrected chi connectivity index (χ2v) is 6.26. The maximum absolute atomic E-state index is 12.6. The Labute approximate surface area is 124 Å². The molecule has 0 heterocycles. The van der Waals surface area contributed by atoms with E-state index in [2.05, 4.69) is 41.9 Å². The molecular weight excluding hydrogens is 302 g/mol. The van der Waals surface area contributed by atoms with Crippen molar-refractivity contribution in [2.24, 2.45) is 0 Å². The van der Waals surface area contributed by atoms with Gasteiger partial charge in [-0.05, 0) is 62.8 Å². The van der Waals surface area contributed by atoms with Crippen molar-refractivity contribution >= 4 is 21.8 Å². The maximum atomic E-state index is 12.6. The lowest BCUT2D eigenvalue weighted by atomic mass is 10.0. The molecule has 1 aliphatic carbocycles. The van der Waals surface area contributed by atoms with Gasteiger partial charge in [-0.1, -0.05) is 22.0 Å². The Morgan fingerprint density at radius 2 is 2.05 bits per heavy atom. The van der Waals surface area contributed by atoms with E-state index < -0.39 is 0 Å². The van der Waals surface area contributed by atoms with Crippen molar-refractivity contribution in [3.63, 3.8) is 0 Å². The van der Waals surface area contributed by atoms with Crippen LogP contribution in [0.5, 0.6) is 0 Å². The summed E-state index contributed by atoms with van der Waals surface area (Å²) in [5.74, 6) is 0.172. The summed E-state index contributed by atoms with van der Waals surface area (Å²) in [7, 11) is 0. The first-order valence-electron chi connectivity index (χ1n) is 7.12. The molecule has 0 atom stereocenters. The molecule has 0 fully saturated rings. The molecule has 1 aliphatic rings. The van der Waals surface area contributed by atoms with Gasteiger partial charge in [-0.15, -0.1) is 0 Å². The van der Waals surface area contributed by atoms with Gasteiger partial charge in [0.15, 0.2) is 0 Å². The van der Waals surface area contributed by atoms with E-state index in [0.717, 1.165) is 30.3 Å². The van der Waals surface area contributed by atoms with Gasteiger partial charge in [0.2, 0.25) is 0 Å². The first-order chi connectivity index (χ1) is 9.13. The highest BCUT2D eigenvalue weighted by Crippen LogP contribution is 2.23. The summed E-state index contributed by atoms with van der Waals surface area (Å²) in [6.07, 6.45) is 4.51. The van der Waals surface area contributed by atoms with Gasteiger partial charge in [0.05, 0.1) is 0 Å². The van der Waals surface area contributed by atoms with Crippen molar-refractivity contribution in [3.05, 3.63) is 34.9 Å². The molecular formula is C16H22BrNO. The Morgan fingerprint density at radius 3 is 2.74 bits per heavy atom. The fourth-order valence-electron chi connectivity index (χ4n) is 2.70. The third-order valence-corrected chi connectivity index (χ3v) is 4.32. The minimum absolute atomic E-state index is 0.172. The van der Waals surface area contributed by atoms with Crippen LogP contribution >= 0.6 is 15.9 Å². The van der Waals surface area contributed by atoms with Gasteiger partial charge in [0, 0.05) is 23.5 Å². The highest BCUT2D eigenvalue weighted by molar-refractivity contribution is 9.09. The van der Waals surface area contributed by atoms with Gasteiger partial charge in [-0.3, -0.25) is 4.79 Å².